The molecule has 1 saturated heterocycles. The third-order valence-electron chi connectivity index (χ3n) is 3.97. The molecular weight excluding hydrogens is 238 g/mol. The Labute approximate surface area is 113 Å². The van der Waals surface area contributed by atoms with E-state index in [1.807, 2.05) is 22.8 Å². The predicted octanol–water partition coefficient (Wildman–Crippen LogP) is 1.07. The summed E-state index contributed by atoms with van der Waals surface area (Å²) < 4.78 is 1.85. The first-order chi connectivity index (χ1) is 9.28. The third kappa shape index (κ3) is 2.62. The van der Waals surface area contributed by atoms with Gasteiger partial charge in [-0.05, 0) is 43.1 Å². The molecule has 2 aromatic rings. The minimum Gasteiger partial charge on any atom is -0.326 e. The van der Waals surface area contributed by atoms with Crippen LogP contribution >= 0.6 is 0 Å². The van der Waals surface area contributed by atoms with Crippen LogP contribution in [0.3, 0.4) is 0 Å². The van der Waals surface area contributed by atoms with Gasteiger partial charge in [0.2, 0.25) is 0 Å². The molecular formula is C14H21N5. The van der Waals surface area contributed by atoms with Crippen LogP contribution in [-0.4, -0.2) is 39.1 Å². The molecule has 1 aliphatic heterocycles. The maximum Gasteiger partial charge on any atom is 0.155 e. The lowest BCUT2D eigenvalue weighted by Gasteiger charge is -2.11. The zero-order valence-corrected chi connectivity index (χ0v) is 11.4. The summed E-state index contributed by atoms with van der Waals surface area (Å²) in [6.07, 6.45) is 4.19. The lowest BCUT2D eigenvalue weighted by molar-refractivity contribution is 0.341. The van der Waals surface area contributed by atoms with Crippen molar-refractivity contribution in [1.82, 2.24) is 19.5 Å². The van der Waals surface area contributed by atoms with E-state index in [0.717, 1.165) is 30.0 Å². The first kappa shape index (κ1) is 12.6. The van der Waals surface area contributed by atoms with E-state index in [1.54, 1.807) is 0 Å². The fraction of sp³-hybridized carbons (Fsp3) is 0.571. The van der Waals surface area contributed by atoms with E-state index in [-0.39, 0.29) is 0 Å². The van der Waals surface area contributed by atoms with E-state index in [0.29, 0.717) is 12.5 Å². The maximum absolute atomic E-state index is 5.65. The number of fused-ring (bicyclic) bond motifs is 1. The molecule has 3 heterocycles. The van der Waals surface area contributed by atoms with E-state index in [4.69, 9.17) is 5.73 Å². The molecule has 3 rings (SSSR count). The number of nitrogens with zero attached hydrogens (tertiary/aromatic N) is 4. The largest absolute Gasteiger partial charge is 0.326 e. The lowest BCUT2D eigenvalue weighted by Crippen LogP contribution is -2.20. The highest BCUT2D eigenvalue weighted by Gasteiger charge is 2.22. The molecule has 0 radical (unpaired) electrons. The monoisotopic (exact) mass is 259 g/mol. The van der Waals surface area contributed by atoms with Gasteiger partial charge in [-0.3, -0.25) is 0 Å². The lowest BCUT2D eigenvalue weighted by atomic mass is 10.1. The summed E-state index contributed by atoms with van der Waals surface area (Å²) in [7, 11) is 0. The van der Waals surface area contributed by atoms with Gasteiger partial charge in [0.05, 0.1) is 0 Å². The number of likely N-dealkylation sites (tertiary alicyclic amines) is 1. The van der Waals surface area contributed by atoms with Crippen molar-refractivity contribution in [2.45, 2.75) is 26.3 Å². The smallest absolute Gasteiger partial charge is 0.155 e. The van der Waals surface area contributed by atoms with Gasteiger partial charge >= 0.3 is 0 Å². The predicted molar refractivity (Wildman–Crippen MR) is 74.8 cm³/mol. The topological polar surface area (TPSA) is 59.5 Å². The van der Waals surface area contributed by atoms with Gasteiger partial charge in [0.15, 0.2) is 11.5 Å². The van der Waals surface area contributed by atoms with Crippen LogP contribution in [0.1, 0.15) is 24.7 Å². The van der Waals surface area contributed by atoms with Gasteiger partial charge in [-0.2, -0.15) is 5.10 Å². The number of rotatable bonds is 4. The van der Waals surface area contributed by atoms with Crippen LogP contribution in [0.5, 0.6) is 0 Å². The van der Waals surface area contributed by atoms with Crippen molar-refractivity contribution in [2.75, 3.05) is 19.6 Å². The molecule has 19 heavy (non-hydrogen) atoms. The number of hydrogen-bond acceptors (Lipinski definition) is 4. The van der Waals surface area contributed by atoms with Crippen LogP contribution in [0, 0.1) is 5.92 Å². The summed E-state index contributed by atoms with van der Waals surface area (Å²) >= 11 is 0. The molecule has 5 nitrogen and oxygen atoms in total. The number of pyridine rings is 1. The van der Waals surface area contributed by atoms with Crippen molar-refractivity contribution in [3.63, 3.8) is 0 Å². The quantitative estimate of drug-likeness (QED) is 0.892. The highest BCUT2D eigenvalue weighted by Crippen LogP contribution is 2.19. The molecule has 0 aromatic carbocycles. The molecule has 1 atom stereocenters. The van der Waals surface area contributed by atoms with Crippen LogP contribution in [0.15, 0.2) is 18.3 Å². The van der Waals surface area contributed by atoms with Gasteiger partial charge in [0.1, 0.15) is 0 Å². The summed E-state index contributed by atoms with van der Waals surface area (Å²) in [5, 5.41) is 4.55. The minimum atomic E-state index is 0.548. The minimum absolute atomic E-state index is 0.548. The molecule has 1 unspecified atom stereocenters. The molecule has 0 aliphatic carbocycles. The molecule has 1 aliphatic rings. The van der Waals surface area contributed by atoms with Crippen molar-refractivity contribution < 1.29 is 0 Å². The summed E-state index contributed by atoms with van der Waals surface area (Å²) in [6, 6.07) is 4.02. The first-order valence-electron chi connectivity index (χ1n) is 7.05. The second-order valence-electron chi connectivity index (χ2n) is 5.32. The fourth-order valence-electron chi connectivity index (χ4n) is 2.81. The Bertz CT molecular complexity index is 562. The van der Waals surface area contributed by atoms with E-state index in [2.05, 4.69) is 21.9 Å². The van der Waals surface area contributed by atoms with Crippen LogP contribution in [0.2, 0.25) is 0 Å². The van der Waals surface area contributed by atoms with Crippen LogP contribution in [0.4, 0.5) is 0 Å². The number of aromatic nitrogens is 3. The van der Waals surface area contributed by atoms with Gasteiger partial charge < -0.3 is 10.6 Å². The molecule has 102 valence electrons. The van der Waals surface area contributed by atoms with Crippen molar-refractivity contribution in [3.8, 4) is 0 Å². The fourth-order valence-corrected chi connectivity index (χ4v) is 2.81. The van der Waals surface area contributed by atoms with Gasteiger partial charge in [-0.1, -0.05) is 6.92 Å². The molecule has 0 spiro atoms. The third-order valence-corrected chi connectivity index (χ3v) is 3.97. The van der Waals surface area contributed by atoms with Crippen LogP contribution in [-0.2, 0) is 13.0 Å². The Hall–Kier alpha value is -1.46. The second kappa shape index (κ2) is 5.27. The summed E-state index contributed by atoms with van der Waals surface area (Å²) in [4.78, 5) is 7.11. The molecule has 0 saturated carbocycles. The SMILES string of the molecule is CCN1CCC(Cc2nc3cc(CN)ccn3n2)C1. The van der Waals surface area contributed by atoms with Gasteiger partial charge in [-0.15, -0.1) is 0 Å². The highest BCUT2D eigenvalue weighted by molar-refractivity contribution is 5.40. The van der Waals surface area contributed by atoms with E-state index < -0.39 is 0 Å². The Morgan fingerprint density at radius 2 is 2.37 bits per heavy atom. The van der Waals surface area contributed by atoms with Crippen molar-refractivity contribution in [1.29, 1.82) is 0 Å². The zero-order chi connectivity index (χ0) is 13.2. The van der Waals surface area contributed by atoms with Crippen molar-refractivity contribution in [3.05, 3.63) is 29.7 Å². The number of nitrogens with two attached hydrogens (primary N) is 1. The maximum atomic E-state index is 5.65. The highest BCUT2D eigenvalue weighted by atomic mass is 15.3. The average Bonchev–Trinajstić information content (AvgIpc) is 3.03. The molecule has 0 bridgehead atoms. The van der Waals surface area contributed by atoms with Crippen LogP contribution in [0.25, 0.3) is 5.65 Å². The van der Waals surface area contributed by atoms with E-state index in [1.165, 1.54) is 19.5 Å². The summed E-state index contributed by atoms with van der Waals surface area (Å²) in [6.45, 7) is 6.31. The van der Waals surface area contributed by atoms with Gasteiger partial charge in [0, 0.05) is 25.7 Å². The molecule has 2 N–H and O–H groups in total. The summed E-state index contributed by atoms with van der Waals surface area (Å²) in [5.41, 5.74) is 7.65. The van der Waals surface area contributed by atoms with E-state index >= 15 is 0 Å². The Kier molecular flexibility index (Phi) is 3.48. The van der Waals surface area contributed by atoms with Crippen molar-refractivity contribution in [2.24, 2.45) is 11.7 Å². The summed E-state index contributed by atoms with van der Waals surface area (Å²) in [5.74, 6) is 1.66. The average molecular weight is 259 g/mol. The Balaban J connectivity index is 1.75. The second-order valence-corrected chi connectivity index (χ2v) is 5.32. The Morgan fingerprint density at radius 1 is 1.47 bits per heavy atom. The molecule has 0 amide bonds. The van der Waals surface area contributed by atoms with Gasteiger partial charge in [0.25, 0.3) is 0 Å². The standard InChI is InChI=1S/C14H21N5/c1-2-18-5-3-12(10-18)7-13-16-14-8-11(9-15)4-6-19(14)17-13/h4,6,8,12H,2-3,5,7,9-10,15H2,1H3. The van der Waals surface area contributed by atoms with E-state index in [9.17, 15) is 0 Å². The molecule has 5 heteroatoms. The van der Waals surface area contributed by atoms with Crippen LogP contribution < -0.4 is 5.73 Å². The molecule has 2 aromatic heterocycles. The van der Waals surface area contributed by atoms with Crippen molar-refractivity contribution >= 4 is 5.65 Å². The molecule has 1 fully saturated rings. The first-order valence-corrected chi connectivity index (χ1v) is 7.05. The Morgan fingerprint density at radius 3 is 3.11 bits per heavy atom. The zero-order valence-electron chi connectivity index (χ0n) is 11.4. The number of hydrogen-bond donors (Lipinski definition) is 1. The normalized spacial score (nSPS) is 20.4. The van der Waals surface area contributed by atoms with Gasteiger partial charge in [-0.25, -0.2) is 9.50 Å².